The van der Waals surface area contributed by atoms with E-state index < -0.39 is 0 Å². The first kappa shape index (κ1) is 11.7. The van der Waals surface area contributed by atoms with Gasteiger partial charge in [0.1, 0.15) is 17.8 Å². The molecular weight excluding hydrogens is 262 g/mol. The molecule has 6 heteroatoms. The molecule has 3 rings (SSSR count). The topological polar surface area (TPSA) is 67.3 Å². The monoisotopic (exact) mass is 273 g/mol. The molecule has 2 heterocycles. The number of hydrogen-bond acceptors (Lipinski definition) is 6. The Balaban J connectivity index is 2.03. The predicted octanol–water partition coefficient (Wildman–Crippen LogP) is 3.15. The van der Waals surface area contributed by atoms with Crippen molar-refractivity contribution in [2.45, 2.75) is 0 Å². The van der Waals surface area contributed by atoms with Crippen molar-refractivity contribution in [3.63, 3.8) is 0 Å². The Bertz CT molecular complexity index is 727. The van der Waals surface area contributed by atoms with Gasteiger partial charge in [-0.2, -0.15) is 0 Å². The van der Waals surface area contributed by atoms with E-state index in [9.17, 15) is 5.11 Å². The molecule has 0 aliphatic rings. The zero-order chi connectivity index (χ0) is 13.2. The fraction of sp³-hybridized carbons (Fsp3) is 0.0769. The maximum Gasteiger partial charge on any atom is 0.151 e. The Kier molecular flexibility index (Phi) is 2.92. The van der Waals surface area contributed by atoms with Gasteiger partial charge in [-0.1, -0.05) is 0 Å². The third-order valence-electron chi connectivity index (χ3n) is 2.70. The molecule has 0 aliphatic heterocycles. The molecule has 0 bridgehead atoms. The summed E-state index contributed by atoms with van der Waals surface area (Å²) in [6.07, 6.45) is 1.49. The highest BCUT2D eigenvalue weighted by Gasteiger charge is 2.08. The Hall–Kier alpha value is -2.34. The highest BCUT2D eigenvalue weighted by Crippen LogP contribution is 2.33. The first-order chi connectivity index (χ1) is 9.28. The summed E-state index contributed by atoms with van der Waals surface area (Å²) in [6, 6.07) is 6.92. The van der Waals surface area contributed by atoms with Crippen molar-refractivity contribution in [1.82, 2.24) is 9.97 Å². The van der Waals surface area contributed by atoms with Crippen LogP contribution >= 0.6 is 11.3 Å². The molecule has 0 fully saturated rings. The summed E-state index contributed by atoms with van der Waals surface area (Å²) < 4.78 is 6.09. The van der Waals surface area contributed by atoms with E-state index in [1.165, 1.54) is 6.33 Å². The number of fused-ring (bicyclic) bond motifs is 1. The fourth-order valence-electron chi connectivity index (χ4n) is 1.75. The number of thiophene rings is 1. The van der Waals surface area contributed by atoms with Crippen LogP contribution < -0.4 is 10.1 Å². The van der Waals surface area contributed by atoms with Crippen LogP contribution in [0.3, 0.4) is 0 Å². The van der Waals surface area contributed by atoms with Crippen LogP contribution in [0.1, 0.15) is 0 Å². The SMILES string of the molecule is COc1ccc(O)c(Nc2ncnc3ccsc23)c1. The number of rotatable bonds is 3. The Morgan fingerprint density at radius 3 is 3.00 bits per heavy atom. The standard InChI is InChI=1S/C13H11N3O2S/c1-18-8-2-3-11(17)10(6-8)16-13-12-9(4-5-19-12)14-7-15-13/h2-7,17H,1H3,(H,14,15,16). The van der Waals surface area contributed by atoms with Crippen LogP contribution in [0.5, 0.6) is 11.5 Å². The highest BCUT2D eigenvalue weighted by atomic mass is 32.1. The molecule has 0 radical (unpaired) electrons. The normalized spacial score (nSPS) is 10.6. The average molecular weight is 273 g/mol. The second-order valence-corrected chi connectivity index (χ2v) is 4.78. The average Bonchev–Trinajstić information content (AvgIpc) is 2.90. The number of nitrogens with zero attached hydrogens (tertiary/aromatic N) is 2. The van der Waals surface area contributed by atoms with E-state index in [-0.39, 0.29) is 5.75 Å². The van der Waals surface area contributed by atoms with Gasteiger partial charge in [-0.15, -0.1) is 11.3 Å². The molecule has 3 aromatic rings. The number of anilines is 2. The van der Waals surface area contributed by atoms with Gasteiger partial charge in [-0.3, -0.25) is 0 Å². The number of methoxy groups -OCH3 is 1. The summed E-state index contributed by atoms with van der Waals surface area (Å²) in [5.41, 5.74) is 1.43. The highest BCUT2D eigenvalue weighted by molar-refractivity contribution is 7.17. The van der Waals surface area contributed by atoms with Crippen LogP contribution in [0.4, 0.5) is 11.5 Å². The lowest BCUT2D eigenvalue weighted by molar-refractivity contribution is 0.413. The van der Waals surface area contributed by atoms with Gasteiger partial charge in [0.05, 0.1) is 23.0 Å². The maximum atomic E-state index is 9.86. The molecule has 0 unspecified atom stereocenters. The van der Waals surface area contributed by atoms with Crippen LogP contribution in [0.15, 0.2) is 36.0 Å². The molecule has 0 atom stereocenters. The van der Waals surface area contributed by atoms with Gasteiger partial charge >= 0.3 is 0 Å². The van der Waals surface area contributed by atoms with E-state index in [2.05, 4.69) is 15.3 Å². The number of hydrogen-bond donors (Lipinski definition) is 2. The molecule has 0 saturated heterocycles. The lowest BCUT2D eigenvalue weighted by Crippen LogP contribution is -1.95. The second kappa shape index (κ2) is 4.74. The molecule has 0 amide bonds. The predicted molar refractivity (Wildman–Crippen MR) is 75.4 cm³/mol. The van der Waals surface area contributed by atoms with E-state index in [4.69, 9.17) is 4.74 Å². The number of phenolic OH excluding ortho intramolecular Hbond substituents is 1. The van der Waals surface area contributed by atoms with Gasteiger partial charge < -0.3 is 15.2 Å². The third-order valence-corrected chi connectivity index (χ3v) is 3.61. The van der Waals surface area contributed by atoms with Gasteiger partial charge in [-0.25, -0.2) is 9.97 Å². The van der Waals surface area contributed by atoms with Crippen molar-refractivity contribution in [1.29, 1.82) is 0 Å². The zero-order valence-electron chi connectivity index (χ0n) is 10.1. The minimum atomic E-state index is 0.143. The molecule has 96 valence electrons. The Morgan fingerprint density at radius 2 is 2.16 bits per heavy atom. The minimum Gasteiger partial charge on any atom is -0.506 e. The van der Waals surface area contributed by atoms with Crippen LogP contribution in [0, 0.1) is 0 Å². The van der Waals surface area contributed by atoms with Crippen molar-refractivity contribution >= 4 is 33.1 Å². The van der Waals surface area contributed by atoms with Crippen molar-refractivity contribution in [3.05, 3.63) is 36.0 Å². The summed E-state index contributed by atoms with van der Waals surface area (Å²) in [5, 5.41) is 14.9. The number of nitrogens with one attached hydrogen (secondary N) is 1. The van der Waals surface area contributed by atoms with Crippen molar-refractivity contribution in [2.24, 2.45) is 0 Å². The molecule has 5 nitrogen and oxygen atoms in total. The molecular formula is C13H11N3O2S. The first-order valence-corrected chi connectivity index (χ1v) is 6.48. The molecule has 0 aliphatic carbocycles. The van der Waals surface area contributed by atoms with E-state index in [0.29, 0.717) is 17.3 Å². The minimum absolute atomic E-state index is 0.143. The van der Waals surface area contributed by atoms with Gasteiger partial charge in [-0.05, 0) is 23.6 Å². The van der Waals surface area contributed by atoms with Gasteiger partial charge in [0, 0.05) is 6.07 Å². The van der Waals surface area contributed by atoms with E-state index >= 15 is 0 Å². The van der Waals surface area contributed by atoms with Crippen molar-refractivity contribution in [2.75, 3.05) is 12.4 Å². The fourth-order valence-corrected chi connectivity index (χ4v) is 2.54. The molecule has 0 spiro atoms. The smallest absolute Gasteiger partial charge is 0.151 e. The summed E-state index contributed by atoms with van der Waals surface area (Å²) in [6.45, 7) is 0. The van der Waals surface area contributed by atoms with Gasteiger partial charge in [0.2, 0.25) is 0 Å². The molecule has 19 heavy (non-hydrogen) atoms. The number of benzene rings is 1. The van der Waals surface area contributed by atoms with Crippen LogP contribution in [0.2, 0.25) is 0 Å². The summed E-state index contributed by atoms with van der Waals surface area (Å²) >= 11 is 1.55. The molecule has 0 saturated carbocycles. The molecule has 2 N–H and O–H groups in total. The largest absolute Gasteiger partial charge is 0.506 e. The van der Waals surface area contributed by atoms with E-state index in [1.807, 2.05) is 11.4 Å². The Labute approximate surface area is 113 Å². The molecule has 1 aromatic carbocycles. The quantitative estimate of drug-likeness (QED) is 0.717. The van der Waals surface area contributed by atoms with Crippen LogP contribution in [-0.4, -0.2) is 22.2 Å². The molecule has 2 aromatic heterocycles. The number of ether oxygens (including phenoxy) is 1. The van der Waals surface area contributed by atoms with Crippen LogP contribution in [-0.2, 0) is 0 Å². The van der Waals surface area contributed by atoms with Gasteiger partial charge in [0.25, 0.3) is 0 Å². The number of aromatic hydroxyl groups is 1. The lowest BCUT2D eigenvalue weighted by Gasteiger charge is -2.09. The summed E-state index contributed by atoms with van der Waals surface area (Å²) in [5.74, 6) is 1.48. The number of aromatic nitrogens is 2. The van der Waals surface area contributed by atoms with Crippen molar-refractivity contribution in [3.8, 4) is 11.5 Å². The summed E-state index contributed by atoms with van der Waals surface area (Å²) in [4.78, 5) is 8.38. The van der Waals surface area contributed by atoms with Gasteiger partial charge in [0.15, 0.2) is 5.82 Å². The first-order valence-electron chi connectivity index (χ1n) is 5.60. The van der Waals surface area contributed by atoms with E-state index in [1.54, 1.807) is 36.6 Å². The third kappa shape index (κ3) is 2.17. The number of phenols is 1. The van der Waals surface area contributed by atoms with Crippen LogP contribution in [0.25, 0.3) is 10.2 Å². The zero-order valence-corrected chi connectivity index (χ0v) is 10.9. The maximum absolute atomic E-state index is 9.86. The Morgan fingerprint density at radius 1 is 1.26 bits per heavy atom. The second-order valence-electron chi connectivity index (χ2n) is 3.87. The lowest BCUT2D eigenvalue weighted by atomic mass is 10.2. The van der Waals surface area contributed by atoms with E-state index in [0.717, 1.165) is 10.2 Å². The van der Waals surface area contributed by atoms with Crippen molar-refractivity contribution < 1.29 is 9.84 Å². The summed E-state index contributed by atoms with van der Waals surface area (Å²) in [7, 11) is 1.58.